The first-order chi connectivity index (χ1) is 13.1. The van der Waals surface area contributed by atoms with Crippen molar-refractivity contribution in [1.29, 1.82) is 0 Å². The maximum atomic E-state index is 12.3. The summed E-state index contributed by atoms with van der Waals surface area (Å²) in [5.74, 6) is 1.74. The molecule has 0 atom stereocenters. The molecule has 1 N–H and O–H groups in total. The first-order valence-electron chi connectivity index (χ1n) is 8.50. The third kappa shape index (κ3) is 3.71. The second kappa shape index (κ2) is 7.25. The molecular weight excluding hydrogens is 364 g/mol. The van der Waals surface area contributed by atoms with E-state index in [0.717, 1.165) is 16.9 Å². The molecule has 3 aromatic heterocycles. The minimum atomic E-state index is -0.137. The Morgan fingerprint density at radius 2 is 2.04 bits per heavy atom. The highest BCUT2D eigenvalue weighted by molar-refractivity contribution is 6.30. The summed E-state index contributed by atoms with van der Waals surface area (Å²) < 4.78 is 7.64. The number of rotatable bonds is 5. The van der Waals surface area contributed by atoms with E-state index in [-0.39, 0.29) is 12.3 Å². The summed E-state index contributed by atoms with van der Waals surface area (Å²) in [5.41, 5.74) is 2.42. The SMILES string of the molecule is Cc1oc(-c2ccc(Cl)cc2)nc1CC(=O)NCc1ncc2ccccn12. The largest absolute Gasteiger partial charge is 0.441 e. The zero-order chi connectivity index (χ0) is 18.8. The zero-order valence-electron chi connectivity index (χ0n) is 14.6. The van der Waals surface area contributed by atoms with Gasteiger partial charge in [-0.05, 0) is 43.3 Å². The van der Waals surface area contributed by atoms with Crippen molar-refractivity contribution in [3.05, 3.63) is 77.2 Å². The van der Waals surface area contributed by atoms with Gasteiger partial charge in [0.25, 0.3) is 0 Å². The lowest BCUT2D eigenvalue weighted by molar-refractivity contribution is -0.120. The van der Waals surface area contributed by atoms with E-state index in [0.29, 0.717) is 28.9 Å². The number of aryl methyl sites for hydroxylation is 1. The van der Waals surface area contributed by atoms with Crippen molar-refractivity contribution in [1.82, 2.24) is 19.7 Å². The van der Waals surface area contributed by atoms with E-state index in [1.54, 1.807) is 25.3 Å². The van der Waals surface area contributed by atoms with Gasteiger partial charge in [-0.3, -0.25) is 4.79 Å². The predicted octanol–water partition coefficient (Wildman–Crippen LogP) is 3.81. The number of halogens is 1. The van der Waals surface area contributed by atoms with Gasteiger partial charge >= 0.3 is 0 Å². The number of benzene rings is 1. The number of pyridine rings is 1. The van der Waals surface area contributed by atoms with E-state index < -0.39 is 0 Å². The van der Waals surface area contributed by atoms with Crippen molar-refractivity contribution in [2.45, 2.75) is 19.9 Å². The van der Waals surface area contributed by atoms with Crippen LogP contribution in [0.3, 0.4) is 0 Å². The first-order valence-corrected chi connectivity index (χ1v) is 8.88. The molecule has 1 amide bonds. The molecular formula is C20H17ClN4O2. The van der Waals surface area contributed by atoms with Gasteiger partial charge in [0.05, 0.1) is 30.4 Å². The van der Waals surface area contributed by atoms with Gasteiger partial charge in [0.2, 0.25) is 11.8 Å². The second-order valence-corrected chi connectivity index (χ2v) is 6.59. The Bertz CT molecular complexity index is 1100. The van der Waals surface area contributed by atoms with Crippen molar-refractivity contribution >= 4 is 23.0 Å². The predicted molar refractivity (Wildman–Crippen MR) is 102 cm³/mol. The van der Waals surface area contributed by atoms with E-state index in [1.165, 1.54) is 0 Å². The van der Waals surface area contributed by atoms with Crippen LogP contribution in [0.15, 0.2) is 59.3 Å². The topological polar surface area (TPSA) is 72.4 Å². The minimum Gasteiger partial charge on any atom is -0.441 e. The van der Waals surface area contributed by atoms with E-state index >= 15 is 0 Å². The molecule has 0 spiro atoms. The van der Waals surface area contributed by atoms with Crippen LogP contribution in [-0.4, -0.2) is 20.3 Å². The van der Waals surface area contributed by atoms with Crippen LogP contribution >= 0.6 is 11.6 Å². The molecule has 7 heteroatoms. The van der Waals surface area contributed by atoms with Gasteiger partial charge in [0, 0.05) is 16.8 Å². The van der Waals surface area contributed by atoms with Crippen molar-refractivity contribution in [2.24, 2.45) is 0 Å². The number of carbonyl (C=O) groups excluding carboxylic acids is 1. The third-order valence-electron chi connectivity index (χ3n) is 4.27. The lowest BCUT2D eigenvalue weighted by atomic mass is 10.2. The number of amides is 1. The van der Waals surface area contributed by atoms with Crippen molar-refractivity contribution in [3.8, 4) is 11.5 Å². The lowest BCUT2D eigenvalue weighted by Gasteiger charge is -2.04. The first kappa shape index (κ1) is 17.3. The molecule has 1 aromatic carbocycles. The number of fused-ring (bicyclic) bond motifs is 1. The standard InChI is InChI=1S/C20H17ClN4O2/c1-13-17(24-20(27-13)14-5-7-15(21)8-6-14)10-19(26)23-12-18-22-11-16-4-2-3-9-25(16)18/h2-9,11H,10,12H2,1H3,(H,23,26). The van der Waals surface area contributed by atoms with Gasteiger partial charge < -0.3 is 14.1 Å². The summed E-state index contributed by atoms with van der Waals surface area (Å²) in [6.07, 6.45) is 3.85. The van der Waals surface area contributed by atoms with E-state index in [2.05, 4.69) is 15.3 Å². The monoisotopic (exact) mass is 380 g/mol. The molecule has 0 aliphatic rings. The fraction of sp³-hybridized carbons (Fsp3) is 0.150. The maximum Gasteiger partial charge on any atom is 0.226 e. The summed E-state index contributed by atoms with van der Waals surface area (Å²) >= 11 is 5.91. The number of carbonyl (C=O) groups is 1. The highest BCUT2D eigenvalue weighted by atomic mass is 35.5. The molecule has 0 saturated carbocycles. The second-order valence-electron chi connectivity index (χ2n) is 6.15. The van der Waals surface area contributed by atoms with Crippen LogP contribution < -0.4 is 5.32 Å². The Morgan fingerprint density at radius 3 is 2.85 bits per heavy atom. The molecule has 0 aliphatic carbocycles. The van der Waals surface area contributed by atoms with Crippen molar-refractivity contribution < 1.29 is 9.21 Å². The quantitative estimate of drug-likeness (QED) is 0.571. The normalized spacial score (nSPS) is 11.0. The molecule has 3 heterocycles. The van der Waals surface area contributed by atoms with Gasteiger partial charge in [-0.2, -0.15) is 0 Å². The smallest absolute Gasteiger partial charge is 0.226 e. The molecule has 0 bridgehead atoms. The van der Waals surface area contributed by atoms with Crippen LogP contribution in [0.1, 0.15) is 17.3 Å². The molecule has 0 unspecified atom stereocenters. The Kier molecular flexibility index (Phi) is 4.64. The summed E-state index contributed by atoms with van der Waals surface area (Å²) in [6.45, 7) is 2.15. The number of nitrogens with one attached hydrogen (secondary N) is 1. The van der Waals surface area contributed by atoms with Crippen LogP contribution in [0.25, 0.3) is 17.0 Å². The van der Waals surface area contributed by atoms with Crippen molar-refractivity contribution in [2.75, 3.05) is 0 Å². The Morgan fingerprint density at radius 1 is 1.22 bits per heavy atom. The van der Waals surface area contributed by atoms with Gasteiger partial charge in [-0.25, -0.2) is 9.97 Å². The average Bonchev–Trinajstić information content (AvgIpc) is 3.24. The molecule has 136 valence electrons. The van der Waals surface area contributed by atoms with Gasteiger partial charge in [0.1, 0.15) is 11.6 Å². The number of imidazole rings is 1. The number of oxazole rings is 1. The molecule has 0 radical (unpaired) electrons. The Balaban J connectivity index is 1.43. The lowest BCUT2D eigenvalue weighted by Crippen LogP contribution is -2.26. The van der Waals surface area contributed by atoms with E-state index in [1.807, 2.05) is 40.9 Å². The number of hydrogen-bond acceptors (Lipinski definition) is 4. The van der Waals surface area contributed by atoms with Crippen LogP contribution in [-0.2, 0) is 17.8 Å². The third-order valence-corrected chi connectivity index (χ3v) is 4.52. The molecule has 0 aliphatic heterocycles. The average molecular weight is 381 g/mol. The highest BCUT2D eigenvalue weighted by Gasteiger charge is 2.15. The van der Waals surface area contributed by atoms with Crippen molar-refractivity contribution in [3.63, 3.8) is 0 Å². The summed E-state index contributed by atoms with van der Waals surface area (Å²) in [7, 11) is 0. The summed E-state index contributed by atoms with van der Waals surface area (Å²) in [4.78, 5) is 21.1. The van der Waals surface area contributed by atoms with Crippen LogP contribution in [0.4, 0.5) is 0 Å². The van der Waals surface area contributed by atoms with Gasteiger partial charge in [-0.15, -0.1) is 0 Å². The highest BCUT2D eigenvalue weighted by Crippen LogP contribution is 2.23. The fourth-order valence-electron chi connectivity index (χ4n) is 2.83. The van der Waals surface area contributed by atoms with Crippen LogP contribution in [0, 0.1) is 6.92 Å². The van der Waals surface area contributed by atoms with Crippen LogP contribution in [0.2, 0.25) is 5.02 Å². The number of hydrogen-bond donors (Lipinski definition) is 1. The molecule has 4 rings (SSSR count). The fourth-order valence-corrected chi connectivity index (χ4v) is 2.96. The molecule has 6 nitrogen and oxygen atoms in total. The van der Waals surface area contributed by atoms with Gasteiger partial charge in [-0.1, -0.05) is 17.7 Å². The van der Waals surface area contributed by atoms with E-state index in [9.17, 15) is 4.79 Å². The molecule has 0 fully saturated rings. The number of nitrogens with zero attached hydrogens (tertiary/aromatic N) is 3. The van der Waals surface area contributed by atoms with Crippen LogP contribution in [0.5, 0.6) is 0 Å². The summed E-state index contributed by atoms with van der Waals surface area (Å²) in [6, 6.07) is 13.1. The zero-order valence-corrected chi connectivity index (χ0v) is 15.4. The molecule has 4 aromatic rings. The number of aromatic nitrogens is 3. The molecule has 0 saturated heterocycles. The summed E-state index contributed by atoms with van der Waals surface area (Å²) in [5, 5.41) is 3.53. The Labute approximate surface area is 160 Å². The molecule has 27 heavy (non-hydrogen) atoms. The Hall–Kier alpha value is -3.12. The maximum absolute atomic E-state index is 12.3. The minimum absolute atomic E-state index is 0.137. The van der Waals surface area contributed by atoms with Gasteiger partial charge in [0.15, 0.2) is 0 Å². The van der Waals surface area contributed by atoms with E-state index in [4.69, 9.17) is 16.0 Å².